The number of nitrogens with one attached hydrogen (secondary N) is 1. The van der Waals surface area contributed by atoms with E-state index in [1.54, 1.807) is 12.5 Å². The van der Waals surface area contributed by atoms with Gasteiger partial charge in [-0.1, -0.05) is 0 Å². The molecular weight excluding hydrogens is 290 g/mol. The molecule has 3 N–H and O–H groups in total. The van der Waals surface area contributed by atoms with Crippen LogP contribution in [0.2, 0.25) is 0 Å². The molecule has 0 fully saturated rings. The third kappa shape index (κ3) is 2.48. The van der Waals surface area contributed by atoms with Gasteiger partial charge in [0.05, 0.1) is 11.7 Å². The molecule has 7 nitrogen and oxygen atoms in total. The molecule has 0 aromatic carbocycles. The number of imidazole rings is 1. The quantitative estimate of drug-likeness (QED) is 0.762. The van der Waals surface area contributed by atoms with Crippen LogP contribution in [-0.2, 0) is 19.4 Å². The van der Waals surface area contributed by atoms with Crippen LogP contribution in [0.5, 0.6) is 0 Å². The summed E-state index contributed by atoms with van der Waals surface area (Å²) in [6, 6.07) is 0. The fourth-order valence-electron chi connectivity index (χ4n) is 3.28. The molecule has 4 rings (SSSR count). The van der Waals surface area contributed by atoms with Crippen molar-refractivity contribution in [2.45, 2.75) is 32.7 Å². The van der Waals surface area contributed by atoms with Crippen molar-refractivity contribution in [3.05, 3.63) is 35.5 Å². The van der Waals surface area contributed by atoms with Crippen LogP contribution >= 0.6 is 0 Å². The largest absolute Gasteiger partial charge is 0.383 e. The molecule has 0 unspecified atom stereocenters. The molecule has 7 heteroatoms. The lowest BCUT2D eigenvalue weighted by molar-refractivity contribution is 0.723. The van der Waals surface area contributed by atoms with Crippen LogP contribution in [0.3, 0.4) is 0 Å². The van der Waals surface area contributed by atoms with E-state index >= 15 is 0 Å². The second-order valence-electron chi connectivity index (χ2n) is 5.87. The summed E-state index contributed by atoms with van der Waals surface area (Å²) in [5.74, 6) is 1.05. The van der Waals surface area contributed by atoms with Gasteiger partial charge in [0.2, 0.25) is 5.95 Å². The van der Waals surface area contributed by atoms with Crippen LogP contribution in [0.25, 0.3) is 11.0 Å². The number of nitrogen functional groups attached to an aromatic ring is 1. The first-order chi connectivity index (χ1) is 11.2. The molecule has 3 heterocycles. The molecule has 118 valence electrons. The fourth-order valence-corrected chi connectivity index (χ4v) is 3.28. The minimum Gasteiger partial charge on any atom is -0.383 e. The van der Waals surface area contributed by atoms with E-state index < -0.39 is 0 Å². The molecule has 0 spiro atoms. The van der Waals surface area contributed by atoms with Crippen LogP contribution in [0.4, 0.5) is 11.8 Å². The Hall–Kier alpha value is -2.70. The Labute approximate surface area is 134 Å². The van der Waals surface area contributed by atoms with E-state index in [1.807, 2.05) is 17.7 Å². The molecule has 0 aliphatic heterocycles. The Morgan fingerprint density at radius 3 is 2.91 bits per heavy atom. The maximum absolute atomic E-state index is 6.20. The van der Waals surface area contributed by atoms with E-state index in [0.29, 0.717) is 24.0 Å². The number of anilines is 2. The minimum atomic E-state index is 0.519. The van der Waals surface area contributed by atoms with Crippen molar-refractivity contribution in [3.63, 3.8) is 0 Å². The van der Waals surface area contributed by atoms with Crippen molar-refractivity contribution < 1.29 is 0 Å². The molecule has 3 aromatic heterocycles. The first-order valence-corrected chi connectivity index (χ1v) is 7.87. The van der Waals surface area contributed by atoms with Crippen LogP contribution in [0.15, 0.2) is 18.7 Å². The van der Waals surface area contributed by atoms with Gasteiger partial charge in [-0.2, -0.15) is 9.97 Å². The van der Waals surface area contributed by atoms with Crippen LogP contribution < -0.4 is 11.1 Å². The monoisotopic (exact) mass is 309 g/mol. The average Bonchev–Trinajstić information content (AvgIpc) is 3.18. The number of pyridine rings is 1. The number of hydrogen-bond acceptors (Lipinski definition) is 6. The lowest BCUT2D eigenvalue weighted by Gasteiger charge is -2.12. The normalized spacial score (nSPS) is 13.4. The van der Waals surface area contributed by atoms with Gasteiger partial charge in [-0.05, 0) is 37.3 Å². The third-order valence-electron chi connectivity index (χ3n) is 4.36. The predicted molar refractivity (Wildman–Crippen MR) is 89.2 cm³/mol. The van der Waals surface area contributed by atoms with Crippen LogP contribution in [-0.4, -0.2) is 31.0 Å². The summed E-state index contributed by atoms with van der Waals surface area (Å²) in [5.41, 5.74) is 10.6. The summed E-state index contributed by atoms with van der Waals surface area (Å²) in [4.78, 5) is 17.6. The van der Waals surface area contributed by atoms with Gasteiger partial charge in [0.15, 0.2) is 5.65 Å². The Bertz CT molecular complexity index is 855. The SMILES string of the molecule is Cc1nc2nc(NCCn3ccnc3)nc(N)c2c2c1CCC2. The highest BCUT2D eigenvalue weighted by molar-refractivity contribution is 5.91. The average molecular weight is 309 g/mol. The van der Waals surface area contributed by atoms with Crippen molar-refractivity contribution in [1.29, 1.82) is 0 Å². The lowest BCUT2D eigenvalue weighted by Crippen LogP contribution is -2.13. The Morgan fingerprint density at radius 1 is 1.22 bits per heavy atom. The molecular formula is C16H19N7. The molecule has 0 saturated heterocycles. The van der Waals surface area contributed by atoms with Gasteiger partial charge < -0.3 is 15.6 Å². The highest BCUT2D eigenvalue weighted by Gasteiger charge is 2.21. The number of rotatable bonds is 4. The zero-order valence-corrected chi connectivity index (χ0v) is 13.1. The fraction of sp³-hybridized carbons (Fsp3) is 0.375. The van der Waals surface area contributed by atoms with Crippen molar-refractivity contribution in [2.75, 3.05) is 17.6 Å². The zero-order chi connectivity index (χ0) is 15.8. The Balaban J connectivity index is 1.63. The second kappa shape index (κ2) is 5.49. The highest BCUT2D eigenvalue weighted by atomic mass is 15.1. The maximum atomic E-state index is 6.20. The number of hydrogen-bond donors (Lipinski definition) is 2. The summed E-state index contributed by atoms with van der Waals surface area (Å²) in [7, 11) is 0. The van der Waals surface area contributed by atoms with Gasteiger partial charge in [-0.25, -0.2) is 9.97 Å². The highest BCUT2D eigenvalue weighted by Crippen LogP contribution is 2.33. The van der Waals surface area contributed by atoms with Crippen LogP contribution in [0.1, 0.15) is 23.2 Å². The summed E-state index contributed by atoms with van der Waals surface area (Å²) in [5, 5.41) is 4.15. The number of aryl methyl sites for hydroxylation is 2. The standard InChI is InChI=1S/C16H19N7/c1-10-11-3-2-4-12(11)13-14(17)21-16(22-15(13)20-10)19-6-8-23-7-5-18-9-23/h5,7,9H,2-4,6,8H2,1H3,(H3,17,19,20,21,22). The first kappa shape index (κ1) is 13.9. The van der Waals surface area contributed by atoms with E-state index in [9.17, 15) is 0 Å². The van der Waals surface area contributed by atoms with E-state index in [-0.39, 0.29) is 0 Å². The second-order valence-corrected chi connectivity index (χ2v) is 5.87. The summed E-state index contributed by atoms with van der Waals surface area (Å²) in [6.07, 6.45) is 8.74. The number of nitrogens with two attached hydrogens (primary N) is 1. The van der Waals surface area contributed by atoms with Crippen LogP contribution in [0, 0.1) is 6.92 Å². The van der Waals surface area contributed by atoms with Gasteiger partial charge in [0.25, 0.3) is 0 Å². The van der Waals surface area contributed by atoms with Gasteiger partial charge in [0.1, 0.15) is 5.82 Å². The lowest BCUT2D eigenvalue weighted by atomic mass is 10.1. The molecule has 3 aromatic rings. The molecule has 0 radical (unpaired) electrons. The number of nitrogens with zero attached hydrogens (tertiary/aromatic N) is 5. The van der Waals surface area contributed by atoms with E-state index in [0.717, 1.165) is 36.9 Å². The van der Waals surface area contributed by atoms with Gasteiger partial charge >= 0.3 is 0 Å². The van der Waals surface area contributed by atoms with E-state index in [2.05, 4.69) is 25.3 Å². The third-order valence-corrected chi connectivity index (χ3v) is 4.36. The smallest absolute Gasteiger partial charge is 0.226 e. The Morgan fingerprint density at radius 2 is 2.09 bits per heavy atom. The molecule has 0 atom stereocenters. The summed E-state index contributed by atoms with van der Waals surface area (Å²) >= 11 is 0. The predicted octanol–water partition coefficient (Wildman–Crippen LogP) is 1.71. The molecule has 1 aliphatic carbocycles. The zero-order valence-electron chi connectivity index (χ0n) is 13.1. The summed E-state index contributed by atoms with van der Waals surface area (Å²) < 4.78 is 1.99. The maximum Gasteiger partial charge on any atom is 0.226 e. The van der Waals surface area contributed by atoms with E-state index in [1.165, 1.54) is 11.1 Å². The van der Waals surface area contributed by atoms with Crippen molar-refractivity contribution in [3.8, 4) is 0 Å². The number of fused-ring (bicyclic) bond motifs is 3. The van der Waals surface area contributed by atoms with Crippen molar-refractivity contribution in [1.82, 2.24) is 24.5 Å². The molecule has 23 heavy (non-hydrogen) atoms. The van der Waals surface area contributed by atoms with Crippen molar-refractivity contribution in [2.24, 2.45) is 0 Å². The topological polar surface area (TPSA) is 94.5 Å². The van der Waals surface area contributed by atoms with Gasteiger partial charge in [-0.3, -0.25) is 0 Å². The molecule has 1 aliphatic rings. The molecule has 0 bridgehead atoms. The molecule has 0 amide bonds. The van der Waals surface area contributed by atoms with E-state index in [4.69, 9.17) is 5.73 Å². The van der Waals surface area contributed by atoms with Gasteiger partial charge in [-0.15, -0.1) is 0 Å². The minimum absolute atomic E-state index is 0.519. The summed E-state index contributed by atoms with van der Waals surface area (Å²) in [6.45, 7) is 3.54. The molecule has 0 saturated carbocycles. The Kier molecular flexibility index (Phi) is 3.33. The van der Waals surface area contributed by atoms with Gasteiger partial charge in [0, 0.05) is 31.2 Å². The first-order valence-electron chi connectivity index (χ1n) is 7.87. The van der Waals surface area contributed by atoms with Crippen molar-refractivity contribution >= 4 is 22.8 Å². The number of aromatic nitrogens is 5.